The van der Waals surface area contributed by atoms with E-state index < -0.39 is 5.92 Å². The van der Waals surface area contributed by atoms with Gasteiger partial charge in [-0.05, 0) is 29.3 Å². The maximum atomic E-state index is 13.9. The molecule has 3 aliphatic rings. The lowest BCUT2D eigenvalue weighted by atomic mass is 9.86. The van der Waals surface area contributed by atoms with Crippen LogP contribution < -0.4 is 5.56 Å². The van der Waals surface area contributed by atoms with E-state index in [0.717, 1.165) is 16.8 Å². The van der Waals surface area contributed by atoms with Gasteiger partial charge < -0.3 is 19.3 Å². The Balaban J connectivity index is 1.45. The highest BCUT2D eigenvalue weighted by Crippen LogP contribution is 2.49. The van der Waals surface area contributed by atoms with Crippen LogP contribution in [-0.4, -0.2) is 69.3 Å². The molecule has 5 heterocycles. The largest absolute Gasteiger partial charge is 0.396 e. The molecule has 186 valence electrons. The normalized spacial score (nSPS) is 25.5. The van der Waals surface area contributed by atoms with Crippen molar-refractivity contribution in [1.82, 2.24) is 19.4 Å². The topological polar surface area (TPSA) is 87.9 Å². The SMILES string of the molecule is O=C([C@@H]1[C@@H](CO)[C@@H]2Cn3c(ccc(-c4ccccc4)c3=O)[C@H]1N2Cc1cccnc1)N1CCOCC1. The highest BCUT2D eigenvalue weighted by Gasteiger charge is 2.56. The first kappa shape index (κ1) is 23.1. The molecule has 1 N–H and O–H groups in total. The van der Waals surface area contributed by atoms with E-state index >= 15 is 0 Å². The van der Waals surface area contributed by atoms with Crippen molar-refractivity contribution in [3.8, 4) is 11.1 Å². The molecule has 1 aromatic carbocycles. The molecule has 0 unspecified atom stereocenters. The second kappa shape index (κ2) is 9.61. The van der Waals surface area contributed by atoms with Crippen molar-refractivity contribution < 1.29 is 14.6 Å². The number of fused-ring (bicyclic) bond motifs is 4. The fraction of sp³-hybridized carbons (Fsp3) is 0.393. The molecular weight excluding hydrogens is 456 g/mol. The Hall–Kier alpha value is -3.33. The number of ether oxygens (including phenoxy) is 1. The Morgan fingerprint density at radius 1 is 1.06 bits per heavy atom. The van der Waals surface area contributed by atoms with Crippen molar-refractivity contribution in [2.75, 3.05) is 32.9 Å². The molecule has 36 heavy (non-hydrogen) atoms. The Labute approximate surface area is 209 Å². The maximum absolute atomic E-state index is 13.9. The lowest BCUT2D eigenvalue weighted by Gasteiger charge is -2.39. The van der Waals surface area contributed by atoms with E-state index in [2.05, 4.69) is 9.88 Å². The smallest absolute Gasteiger partial charge is 0.258 e. The van der Waals surface area contributed by atoms with E-state index in [9.17, 15) is 14.7 Å². The first-order valence-electron chi connectivity index (χ1n) is 12.6. The highest BCUT2D eigenvalue weighted by atomic mass is 16.5. The van der Waals surface area contributed by atoms with Crippen molar-refractivity contribution >= 4 is 5.91 Å². The number of aliphatic hydroxyl groups is 1. The Kier molecular flexibility index (Phi) is 6.17. The van der Waals surface area contributed by atoms with Gasteiger partial charge in [0.05, 0.1) is 25.2 Å². The number of rotatable bonds is 5. The van der Waals surface area contributed by atoms with Gasteiger partial charge in [0.1, 0.15) is 0 Å². The van der Waals surface area contributed by atoms with Crippen LogP contribution in [0.3, 0.4) is 0 Å². The van der Waals surface area contributed by atoms with Crippen molar-refractivity contribution in [1.29, 1.82) is 0 Å². The Bertz CT molecular complexity index is 1290. The van der Waals surface area contributed by atoms with Crippen molar-refractivity contribution in [3.63, 3.8) is 0 Å². The van der Waals surface area contributed by atoms with Gasteiger partial charge in [0, 0.05) is 68.4 Å². The van der Waals surface area contributed by atoms with Crippen molar-refractivity contribution in [3.05, 3.63) is 88.6 Å². The molecule has 0 radical (unpaired) electrons. The summed E-state index contributed by atoms with van der Waals surface area (Å²) in [5.74, 6) is -0.680. The summed E-state index contributed by atoms with van der Waals surface area (Å²) in [5.41, 5.74) is 3.35. The minimum atomic E-state index is -0.439. The quantitative estimate of drug-likeness (QED) is 0.593. The molecule has 8 heteroatoms. The van der Waals surface area contributed by atoms with Crippen LogP contribution in [0.4, 0.5) is 0 Å². The third-order valence-electron chi connectivity index (χ3n) is 7.95. The summed E-state index contributed by atoms with van der Waals surface area (Å²) in [6, 6.07) is 17.0. The highest BCUT2D eigenvalue weighted by molar-refractivity contribution is 5.81. The van der Waals surface area contributed by atoms with Crippen molar-refractivity contribution in [2.24, 2.45) is 11.8 Å². The van der Waals surface area contributed by atoms with Crippen LogP contribution in [0.1, 0.15) is 17.3 Å². The predicted molar refractivity (Wildman–Crippen MR) is 134 cm³/mol. The lowest BCUT2D eigenvalue weighted by molar-refractivity contribution is -0.142. The monoisotopic (exact) mass is 486 g/mol. The summed E-state index contributed by atoms with van der Waals surface area (Å²) in [6.45, 7) is 3.06. The van der Waals surface area contributed by atoms with Crippen LogP contribution in [0.2, 0.25) is 0 Å². The number of hydrogen-bond acceptors (Lipinski definition) is 6. The first-order valence-corrected chi connectivity index (χ1v) is 12.6. The molecule has 3 aromatic rings. The lowest BCUT2D eigenvalue weighted by Crippen LogP contribution is -2.47. The van der Waals surface area contributed by atoms with Gasteiger partial charge in [0.15, 0.2) is 0 Å². The van der Waals surface area contributed by atoms with Gasteiger partial charge in [0.25, 0.3) is 5.56 Å². The summed E-state index contributed by atoms with van der Waals surface area (Å²) in [4.78, 5) is 36.1. The standard InChI is InChI=1S/C28H30N4O4/c33-18-22-24-17-32-23(9-8-21(27(32)34)20-6-2-1-3-7-20)26(31(24)16-19-5-4-10-29-15-19)25(22)28(35)30-11-13-36-14-12-30/h1-10,15,22,24-26,33H,11-14,16-18H2/t22-,24-,25+,26+/m0/s1. The molecule has 2 fully saturated rings. The number of morpholine rings is 1. The zero-order chi connectivity index (χ0) is 24.6. The van der Waals surface area contributed by atoms with Gasteiger partial charge in [-0.1, -0.05) is 36.4 Å². The van der Waals surface area contributed by atoms with Crippen LogP contribution >= 0.6 is 0 Å². The van der Waals surface area contributed by atoms with Crippen LogP contribution in [0.5, 0.6) is 0 Å². The maximum Gasteiger partial charge on any atom is 0.258 e. The molecule has 6 rings (SSSR count). The number of aromatic nitrogens is 2. The average Bonchev–Trinajstić information content (AvgIpc) is 3.13. The van der Waals surface area contributed by atoms with Gasteiger partial charge in [-0.15, -0.1) is 0 Å². The number of aliphatic hydroxyl groups excluding tert-OH is 1. The van der Waals surface area contributed by atoms with Crippen LogP contribution in [0, 0.1) is 11.8 Å². The minimum absolute atomic E-state index is 0.0362. The third-order valence-corrected chi connectivity index (χ3v) is 7.95. The Morgan fingerprint density at radius 2 is 1.86 bits per heavy atom. The molecule has 2 aromatic heterocycles. The van der Waals surface area contributed by atoms with Crippen LogP contribution in [0.25, 0.3) is 11.1 Å². The van der Waals surface area contributed by atoms with Crippen molar-refractivity contribution in [2.45, 2.75) is 25.2 Å². The second-order valence-corrected chi connectivity index (χ2v) is 9.81. The summed E-state index contributed by atoms with van der Waals surface area (Å²) < 4.78 is 7.31. The number of carbonyl (C=O) groups is 1. The molecule has 0 aliphatic carbocycles. The number of pyridine rings is 2. The summed E-state index contributed by atoms with van der Waals surface area (Å²) >= 11 is 0. The summed E-state index contributed by atoms with van der Waals surface area (Å²) in [5, 5.41) is 10.6. The number of benzene rings is 1. The van der Waals surface area contributed by atoms with Gasteiger partial charge in [-0.2, -0.15) is 0 Å². The van der Waals surface area contributed by atoms with E-state index in [1.165, 1.54) is 0 Å². The molecule has 2 saturated heterocycles. The fourth-order valence-corrected chi connectivity index (χ4v) is 6.26. The van der Waals surface area contributed by atoms with E-state index in [1.807, 2.05) is 70.3 Å². The summed E-state index contributed by atoms with van der Waals surface area (Å²) in [6.07, 6.45) is 3.59. The minimum Gasteiger partial charge on any atom is -0.396 e. The van der Waals surface area contributed by atoms with Crippen LogP contribution in [-0.2, 0) is 22.6 Å². The third kappa shape index (κ3) is 3.86. The van der Waals surface area contributed by atoms with Gasteiger partial charge in [0.2, 0.25) is 5.91 Å². The Morgan fingerprint density at radius 3 is 2.58 bits per heavy atom. The van der Waals surface area contributed by atoms with E-state index in [1.54, 1.807) is 6.20 Å². The molecule has 0 saturated carbocycles. The zero-order valence-corrected chi connectivity index (χ0v) is 20.1. The zero-order valence-electron chi connectivity index (χ0n) is 20.1. The summed E-state index contributed by atoms with van der Waals surface area (Å²) in [7, 11) is 0. The van der Waals surface area contributed by atoms with E-state index in [0.29, 0.717) is 45.0 Å². The van der Waals surface area contributed by atoms with E-state index in [-0.39, 0.29) is 36.1 Å². The molecule has 0 spiro atoms. The average molecular weight is 487 g/mol. The number of hydrogen-bond donors (Lipinski definition) is 1. The first-order chi connectivity index (χ1) is 17.7. The predicted octanol–water partition coefficient (Wildman–Crippen LogP) is 1.93. The van der Waals surface area contributed by atoms with E-state index in [4.69, 9.17) is 4.74 Å². The molecule has 2 bridgehead atoms. The molecular formula is C28H30N4O4. The molecule has 8 nitrogen and oxygen atoms in total. The molecule has 4 atom stereocenters. The second-order valence-electron chi connectivity index (χ2n) is 9.81. The number of amides is 1. The number of nitrogens with zero attached hydrogens (tertiary/aromatic N) is 4. The molecule has 1 amide bonds. The van der Waals surface area contributed by atoms with Gasteiger partial charge >= 0.3 is 0 Å². The van der Waals surface area contributed by atoms with Gasteiger partial charge in [-0.3, -0.25) is 19.5 Å². The number of carbonyl (C=O) groups excluding carboxylic acids is 1. The van der Waals surface area contributed by atoms with Gasteiger partial charge in [-0.25, -0.2) is 0 Å². The fourth-order valence-electron chi connectivity index (χ4n) is 6.26. The van der Waals surface area contributed by atoms with Crippen LogP contribution in [0.15, 0.2) is 71.8 Å². The molecule has 3 aliphatic heterocycles.